The van der Waals surface area contributed by atoms with Crippen LogP contribution in [0.5, 0.6) is 0 Å². The van der Waals surface area contributed by atoms with Crippen molar-refractivity contribution in [2.45, 2.75) is 78.7 Å². The summed E-state index contributed by atoms with van der Waals surface area (Å²) in [6.07, 6.45) is 11.0. The predicted octanol–water partition coefficient (Wildman–Crippen LogP) is 2.90. The third-order valence-corrected chi connectivity index (χ3v) is 4.69. The average molecular weight is 342 g/mol. The molecule has 4 heteroatoms. The number of aliphatic hydroxyl groups excluding tert-OH is 1. The Hall–Kier alpha value is -0.870. The molecule has 0 aliphatic rings. The lowest BCUT2D eigenvalue weighted by atomic mass is 10.1. The Bertz CT molecular complexity index is 347. The second-order valence-corrected chi connectivity index (χ2v) is 7.22. The van der Waals surface area contributed by atoms with Gasteiger partial charge in [-0.2, -0.15) is 0 Å². The normalized spacial score (nSPS) is 14.9. The van der Waals surface area contributed by atoms with Gasteiger partial charge in [0.1, 0.15) is 12.6 Å². The molecule has 142 valence electrons. The van der Waals surface area contributed by atoms with Gasteiger partial charge in [-0.1, -0.05) is 65.5 Å². The highest BCUT2D eigenvalue weighted by molar-refractivity contribution is 5.67. The summed E-state index contributed by atoms with van der Waals surface area (Å²) in [5.41, 5.74) is 0. The zero-order chi connectivity index (χ0) is 18.4. The number of carboxylic acid groups (broad SMARTS) is 1. The Morgan fingerprint density at radius 3 is 2.04 bits per heavy atom. The number of carbonyl (C=O) groups excluding carboxylic acids is 1. The van der Waals surface area contributed by atoms with Crippen molar-refractivity contribution in [1.29, 1.82) is 0 Å². The second kappa shape index (κ2) is 13.4. The average Bonchev–Trinajstić information content (AvgIpc) is 2.54. The van der Waals surface area contributed by atoms with Crippen molar-refractivity contribution in [2.24, 2.45) is 5.92 Å². The van der Waals surface area contributed by atoms with Crippen LogP contribution in [0.4, 0.5) is 0 Å². The number of allylic oxidation sites excluding steroid dienone is 1. The van der Waals surface area contributed by atoms with Crippen molar-refractivity contribution in [3.63, 3.8) is 0 Å². The quantitative estimate of drug-likeness (QED) is 0.283. The zero-order valence-corrected chi connectivity index (χ0v) is 16.3. The summed E-state index contributed by atoms with van der Waals surface area (Å²) in [5.74, 6) is -1.48. The first-order valence-electron chi connectivity index (χ1n) is 9.81. The van der Waals surface area contributed by atoms with Crippen LogP contribution in [0, 0.1) is 5.92 Å². The van der Waals surface area contributed by atoms with E-state index >= 15 is 0 Å². The maximum atomic E-state index is 11.3. The van der Waals surface area contributed by atoms with Crippen LogP contribution in [0.15, 0.2) is 12.2 Å². The number of carboxylic acids is 1. The Morgan fingerprint density at radius 2 is 1.58 bits per heavy atom. The van der Waals surface area contributed by atoms with Gasteiger partial charge >= 0.3 is 0 Å². The predicted molar refractivity (Wildman–Crippen MR) is 98.4 cm³/mol. The molecule has 0 amide bonds. The molecule has 0 fully saturated rings. The van der Waals surface area contributed by atoms with E-state index in [1.807, 2.05) is 6.08 Å². The van der Waals surface area contributed by atoms with E-state index in [1.54, 1.807) is 6.92 Å². The van der Waals surface area contributed by atoms with Gasteiger partial charge in [0.15, 0.2) is 0 Å². The number of unbranched alkanes of at least 4 members (excludes halogenated alkanes) is 4. The van der Waals surface area contributed by atoms with Crippen molar-refractivity contribution in [3.05, 3.63) is 12.2 Å². The van der Waals surface area contributed by atoms with Gasteiger partial charge in [-0.05, 0) is 19.3 Å². The van der Waals surface area contributed by atoms with Crippen molar-refractivity contribution >= 4 is 5.97 Å². The molecule has 0 saturated carbocycles. The largest absolute Gasteiger partial charge is 0.550 e. The molecule has 0 rings (SSSR count). The van der Waals surface area contributed by atoms with E-state index in [2.05, 4.69) is 26.8 Å². The van der Waals surface area contributed by atoms with E-state index in [0.29, 0.717) is 17.6 Å². The first-order chi connectivity index (χ1) is 11.4. The number of hydrogen-bond donors (Lipinski definition) is 1. The molecule has 0 aliphatic carbocycles. The molecule has 0 bridgehead atoms. The maximum Gasteiger partial charge on any atom is 0.121 e. The van der Waals surface area contributed by atoms with Crippen LogP contribution in [0.25, 0.3) is 0 Å². The van der Waals surface area contributed by atoms with E-state index in [-0.39, 0.29) is 0 Å². The zero-order valence-electron chi connectivity index (χ0n) is 16.3. The summed E-state index contributed by atoms with van der Waals surface area (Å²) in [6.45, 7) is 11.2. The molecule has 1 N–H and O–H groups in total. The van der Waals surface area contributed by atoms with Crippen LogP contribution in [0.1, 0.15) is 72.6 Å². The van der Waals surface area contributed by atoms with Gasteiger partial charge in [-0.3, -0.25) is 0 Å². The van der Waals surface area contributed by atoms with Crippen molar-refractivity contribution in [1.82, 2.24) is 0 Å². The Morgan fingerprint density at radius 1 is 1.04 bits per heavy atom. The fourth-order valence-corrected chi connectivity index (χ4v) is 3.23. The fourth-order valence-electron chi connectivity index (χ4n) is 3.23. The van der Waals surface area contributed by atoms with Gasteiger partial charge in [0.2, 0.25) is 0 Å². The van der Waals surface area contributed by atoms with Crippen LogP contribution in [0.3, 0.4) is 0 Å². The minimum atomic E-state index is -0.988. The van der Waals surface area contributed by atoms with E-state index in [1.165, 1.54) is 0 Å². The highest BCUT2D eigenvalue weighted by Crippen LogP contribution is 2.18. The van der Waals surface area contributed by atoms with E-state index in [4.69, 9.17) is 0 Å². The SMILES string of the molecule is CCCC/C=C/C(O)C[N+](CCCC)(CCCC)CC(C)C(=O)[O-]. The molecule has 24 heavy (non-hydrogen) atoms. The molecule has 0 spiro atoms. The molecule has 2 atom stereocenters. The van der Waals surface area contributed by atoms with E-state index in [0.717, 1.165) is 58.0 Å². The van der Waals surface area contributed by atoms with Gasteiger partial charge in [0.05, 0.1) is 19.6 Å². The van der Waals surface area contributed by atoms with Crippen molar-refractivity contribution in [2.75, 3.05) is 26.2 Å². The minimum absolute atomic E-state index is 0.491. The molecule has 0 aromatic carbocycles. The number of hydrogen-bond acceptors (Lipinski definition) is 3. The highest BCUT2D eigenvalue weighted by Gasteiger charge is 2.31. The van der Waals surface area contributed by atoms with Gasteiger partial charge in [-0.15, -0.1) is 0 Å². The lowest BCUT2D eigenvalue weighted by molar-refractivity contribution is -0.932. The number of aliphatic carboxylic acids is 1. The van der Waals surface area contributed by atoms with Crippen molar-refractivity contribution < 1.29 is 19.5 Å². The van der Waals surface area contributed by atoms with E-state index in [9.17, 15) is 15.0 Å². The third kappa shape index (κ3) is 10.1. The lowest BCUT2D eigenvalue weighted by Crippen LogP contribution is -2.57. The molecule has 0 saturated heterocycles. The molecular formula is C20H39NO3. The summed E-state index contributed by atoms with van der Waals surface area (Å²) in [7, 11) is 0. The van der Waals surface area contributed by atoms with Gasteiger partial charge in [0, 0.05) is 11.9 Å². The number of rotatable bonds is 15. The summed E-state index contributed by atoms with van der Waals surface area (Å²) in [6, 6.07) is 0. The first-order valence-corrected chi connectivity index (χ1v) is 9.81. The third-order valence-electron chi connectivity index (χ3n) is 4.69. The maximum absolute atomic E-state index is 11.3. The molecule has 4 nitrogen and oxygen atoms in total. The second-order valence-electron chi connectivity index (χ2n) is 7.22. The van der Waals surface area contributed by atoms with Crippen molar-refractivity contribution in [3.8, 4) is 0 Å². The van der Waals surface area contributed by atoms with Crippen LogP contribution in [-0.2, 0) is 4.79 Å². The van der Waals surface area contributed by atoms with Gasteiger partial charge in [-0.25, -0.2) is 0 Å². The molecule has 0 heterocycles. The highest BCUT2D eigenvalue weighted by atomic mass is 16.4. The van der Waals surface area contributed by atoms with Crippen LogP contribution >= 0.6 is 0 Å². The molecule has 0 radical (unpaired) electrons. The lowest BCUT2D eigenvalue weighted by Gasteiger charge is -2.42. The Balaban J connectivity index is 5.06. The van der Waals surface area contributed by atoms with Crippen LogP contribution in [0.2, 0.25) is 0 Å². The minimum Gasteiger partial charge on any atom is -0.550 e. The molecule has 0 aromatic rings. The first kappa shape index (κ1) is 23.1. The Labute approximate surface area is 149 Å². The van der Waals surface area contributed by atoms with Crippen LogP contribution in [-0.4, -0.2) is 47.8 Å². The number of nitrogens with zero attached hydrogens (tertiary/aromatic N) is 1. The van der Waals surface area contributed by atoms with Gasteiger partial charge in [0.25, 0.3) is 0 Å². The van der Waals surface area contributed by atoms with Gasteiger partial charge < -0.3 is 19.5 Å². The molecule has 2 unspecified atom stereocenters. The smallest absolute Gasteiger partial charge is 0.121 e. The fraction of sp³-hybridized carbons (Fsp3) is 0.850. The Kier molecular flexibility index (Phi) is 12.9. The number of aliphatic hydroxyl groups is 1. The molecule has 0 aromatic heterocycles. The summed E-state index contributed by atoms with van der Waals surface area (Å²) in [4.78, 5) is 11.3. The topological polar surface area (TPSA) is 60.4 Å². The summed E-state index contributed by atoms with van der Waals surface area (Å²) < 4.78 is 0.677. The molecular weight excluding hydrogens is 302 g/mol. The number of carbonyl (C=O) groups is 1. The van der Waals surface area contributed by atoms with Crippen LogP contribution < -0.4 is 5.11 Å². The summed E-state index contributed by atoms with van der Waals surface area (Å²) in [5, 5.41) is 21.7. The number of quaternary nitrogens is 1. The summed E-state index contributed by atoms with van der Waals surface area (Å²) >= 11 is 0. The molecule has 0 aliphatic heterocycles. The van der Waals surface area contributed by atoms with E-state index < -0.39 is 18.0 Å². The monoisotopic (exact) mass is 341 g/mol. The standard InChI is InChI=1S/C20H39NO3/c1-5-8-11-12-13-19(22)17-21(14-9-6-2,15-10-7-3)16-18(4)20(23)24/h12-13,18-19,22H,5-11,14-17H2,1-4H3/b13-12+.